The van der Waals surface area contributed by atoms with Crippen molar-refractivity contribution in [2.75, 3.05) is 4.93 Å². The van der Waals surface area contributed by atoms with Crippen LogP contribution in [0.5, 0.6) is 5.75 Å². The van der Waals surface area contributed by atoms with Crippen LogP contribution >= 0.6 is 0 Å². The van der Waals surface area contributed by atoms with Gasteiger partial charge in [-0.15, -0.1) is 0 Å². The Balaban J connectivity index is 1.68. The Morgan fingerprint density at radius 1 is 0.767 bits per heavy atom. The van der Waals surface area contributed by atoms with Crippen LogP contribution < -0.4 is 25.9 Å². The average Bonchev–Trinajstić information content (AvgIpc) is 2.78. The van der Waals surface area contributed by atoms with E-state index in [2.05, 4.69) is 79.4 Å². The average molecular weight is 515 g/mol. The van der Waals surface area contributed by atoms with Gasteiger partial charge in [-0.25, -0.2) is 0 Å². The maximum absolute atomic E-state index is 6.28. The zero-order valence-electron chi connectivity index (χ0n) is 18.1. The molecule has 3 aromatic carbocycles. The van der Waals surface area contributed by atoms with Gasteiger partial charge in [-0.3, -0.25) is 0 Å². The molecular weight excluding hydrogens is 483 g/mol. The van der Waals surface area contributed by atoms with Crippen LogP contribution in [0.1, 0.15) is 40.9 Å². The van der Waals surface area contributed by atoms with E-state index >= 15 is 0 Å². The molecule has 2 unspecified atom stereocenters. The minimum absolute atomic E-state index is 0.170. The monoisotopic (exact) mass is 515 g/mol. The first-order valence-corrected chi connectivity index (χ1v) is 14.0. The van der Waals surface area contributed by atoms with Crippen molar-refractivity contribution in [3.05, 3.63) is 102 Å². The van der Waals surface area contributed by atoms with Crippen molar-refractivity contribution < 1.29 is 30.7 Å². The van der Waals surface area contributed by atoms with Crippen molar-refractivity contribution in [3.63, 3.8) is 0 Å². The quantitative estimate of drug-likeness (QED) is 0.221. The summed E-state index contributed by atoms with van der Waals surface area (Å²) in [5, 5.41) is 0. The molecule has 0 amide bonds. The first-order chi connectivity index (χ1) is 14.6. The first-order valence-electron chi connectivity index (χ1n) is 10.6. The fraction of sp³-hybridized carbons (Fsp3) is 0.333. The van der Waals surface area contributed by atoms with E-state index in [1.54, 1.807) is 0 Å². The summed E-state index contributed by atoms with van der Waals surface area (Å²) in [5.74, 6) is 1.59. The molecule has 0 N–H and O–H groups in total. The molecule has 0 aliphatic heterocycles. The Hall–Kier alpha value is -1.85. The summed E-state index contributed by atoms with van der Waals surface area (Å²) in [5.41, 5.74) is 3.80. The Bertz CT molecular complexity index is 847. The van der Waals surface area contributed by atoms with Crippen LogP contribution in [-0.4, -0.2) is 11.2 Å². The molecule has 0 heterocycles. The number of benzene rings is 3. The molecule has 0 aromatic heterocycles. The molecule has 3 rings (SSSR count). The van der Waals surface area contributed by atoms with Gasteiger partial charge in [0.2, 0.25) is 0 Å². The molecule has 0 radical (unpaired) electrons. The van der Waals surface area contributed by atoms with Crippen molar-refractivity contribution >= 4 is 0 Å². The molecule has 0 aliphatic rings. The van der Waals surface area contributed by atoms with E-state index in [0.29, 0.717) is 17.0 Å². The molecule has 2 nitrogen and oxygen atoms in total. The summed E-state index contributed by atoms with van der Waals surface area (Å²) in [6.45, 7) is 5.15. The minimum atomic E-state index is -0.330. The molecule has 160 valence electrons. The SMILES string of the molecule is C[I-]C(CC(C)C)c1ccc(OC(Cc2ccccc2)OCc2ccccc2)cc1. The number of halogens is 1. The molecular formula is C27H32IO2-. The summed E-state index contributed by atoms with van der Waals surface area (Å²) in [6.07, 6.45) is 1.65. The van der Waals surface area contributed by atoms with Gasteiger partial charge < -0.3 is 0 Å². The van der Waals surface area contributed by atoms with Gasteiger partial charge in [0.15, 0.2) is 0 Å². The van der Waals surface area contributed by atoms with Crippen LogP contribution in [0.25, 0.3) is 0 Å². The van der Waals surface area contributed by atoms with E-state index in [1.807, 2.05) is 24.3 Å². The summed E-state index contributed by atoms with van der Waals surface area (Å²) < 4.78 is 13.2. The van der Waals surface area contributed by atoms with E-state index in [0.717, 1.165) is 17.2 Å². The van der Waals surface area contributed by atoms with Crippen LogP contribution in [0.4, 0.5) is 0 Å². The second-order valence-electron chi connectivity index (χ2n) is 7.92. The van der Waals surface area contributed by atoms with Crippen molar-refractivity contribution in [3.8, 4) is 5.75 Å². The number of hydrogen-bond donors (Lipinski definition) is 0. The number of alkyl halides is 2. The summed E-state index contributed by atoms with van der Waals surface area (Å²) in [7, 11) is 0. The second-order valence-corrected chi connectivity index (χ2v) is 10.7. The van der Waals surface area contributed by atoms with Gasteiger partial charge in [-0.05, 0) is 0 Å². The fourth-order valence-electron chi connectivity index (χ4n) is 3.38. The van der Waals surface area contributed by atoms with Crippen LogP contribution in [0, 0.1) is 5.92 Å². The molecule has 3 heteroatoms. The van der Waals surface area contributed by atoms with Crippen LogP contribution in [-0.2, 0) is 17.8 Å². The molecule has 0 saturated carbocycles. The van der Waals surface area contributed by atoms with Gasteiger partial charge in [0.25, 0.3) is 0 Å². The van der Waals surface area contributed by atoms with Crippen molar-refractivity contribution in [1.82, 2.24) is 0 Å². The maximum atomic E-state index is 6.28. The molecule has 0 spiro atoms. The second kappa shape index (κ2) is 12.1. The van der Waals surface area contributed by atoms with Crippen molar-refractivity contribution in [2.24, 2.45) is 5.92 Å². The third-order valence-electron chi connectivity index (χ3n) is 4.97. The van der Waals surface area contributed by atoms with E-state index in [4.69, 9.17) is 9.47 Å². The standard InChI is InChI=1S/C27H32IO2/c1-21(2)18-26(28-3)24-14-16-25(17-15-24)30-27(19-22-10-6-4-7-11-22)29-20-23-12-8-5-9-13-23/h4-17,21,26-27H,18-20H2,1-3H3/q-1. The van der Waals surface area contributed by atoms with Crippen LogP contribution in [0.3, 0.4) is 0 Å². The normalized spacial score (nSPS) is 13.3. The predicted molar refractivity (Wildman–Crippen MR) is 120 cm³/mol. The third-order valence-corrected chi connectivity index (χ3v) is 7.71. The van der Waals surface area contributed by atoms with Crippen LogP contribution in [0.15, 0.2) is 84.9 Å². The van der Waals surface area contributed by atoms with Gasteiger partial charge in [-0.2, -0.15) is 0 Å². The molecule has 2 atom stereocenters. The molecule has 0 aliphatic carbocycles. The van der Waals surface area contributed by atoms with Crippen molar-refractivity contribution in [2.45, 2.75) is 43.5 Å². The van der Waals surface area contributed by atoms with Gasteiger partial charge in [-0.1, -0.05) is 6.07 Å². The number of hydrogen-bond acceptors (Lipinski definition) is 2. The predicted octanol–water partition coefficient (Wildman–Crippen LogP) is 3.66. The fourth-order valence-corrected chi connectivity index (χ4v) is 6.04. The van der Waals surface area contributed by atoms with Crippen LogP contribution in [0.2, 0.25) is 0 Å². The Morgan fingerprint density at radius 2 is 1.37 bits per heavy atom. The van der Waals surface area contributed by atoms with Gasteiger partial charge in [0.05, 0.1) is 0 Å². The summed E-state index contributed by atoms with van der Waals surface area (Å²) in [6, 6.07) is 29.3. The Labute approximate surface area is 191 Å². The van der Waals surface area contributed by atoms with E-state index in [9.17, 15) is 0 Å². The zero-order chi connectivity index (χ0) is 21.2. The van der Waals surface area contributed by atoms with Crippen molar-refractivity contribution in [1.29, 1.82) is 0 Å². The molecule has 30 heavy (non-hydrogen) atoms. The Kier molecular flexibility index (Phi) is 9.22. The zero-order valence-corrected chi connectivity index (χ0v) is 20.3. The molecule has 0 bridgehead atoms. The summed E-state index contributed by atoms with van der Waals surface area (Å²) >= 11 is 0.170. The number of rotatable bonds is 11. The van der Waals surface area contributed by atoms with Gasteiger partial charge in [0.1, 0.15) is 0 Å². The van der Waals surface area contributed by atoms with Gasteiger partial charge >= 0.3 is 186 Å². The van der Waals surface area contributed by atoms with Gasteiger partial charge in [0, 0.05) is 0 Å². The summed E-state index contributed by atoms with van der Waals surface area (Å²) in [4.78, 5) is 2.38. The molecule has 0 saturated heterocycles. The third kappa shape index (κ3) is 7.44. The topological polar surface area (TPSA) is 18.5 Å². The van der Waals surface area contributed by atoms with E-state index in [1.165, 1.54) is 17.5 Å². The molecule has 0 fully saturated rings. The van der Waals surface area contributed by atoms with E-state index in [-0.39, 0.29) is 27.5 Å². The number of ether oxygens (including phenoxy) is 2. The molecule has 3 aromatic rings. The van der Waals surface area contributed by atoms with E-state index < -0.39 is 0 Å². The first kappa shape index (κ1) is 22.8. The Morgan fingerprint density at radius 3 is 1.93 bits per heavy atom.